The number of unbranched alkanes of at least 4 members (excludes halogenated alkanes) is 1. The minimum atomic E-state index is -1.26. The summed E-state index contributed by atoms with van der Waals surface area (Å²) in [5.41, 5.74) is -0.163. The molecular formula is C19H22Br4O10. The quantitative estimate of drug-likeness (QED) is 0.0844. The number of aromatic carboxylic acids is 1. The molecule has 5 N–H and O–H groups in total. The zero-order valence-electron chi connectivity index (χ0n) is 17.3. The number of carbonyl (C=O) groups is 4. The maximum absolute atomic E-state index is 12.1. The van der Waals surface area contributed by atoms with Crippen molar-refractivity contribution < 1.29 is 49.4 Å². The van der Waals surface area contributed by atoms with Crippen LogP contribution in [0.2, 0.25) is 0 Å². The largest absolute Gasteiger partial charge is 0.478 e. The number of hydrogen-bond acceptors (Lipinski definition) is 7. The van der Waals surface area contributed by atoms with Gasteiger partial charge in [0.25, 0.3) is 0 Å². The van der Waals surface area contributed by atoms with Crippen LogP contribution in [-0.4, -0.2) is 68.7 Å². The Kier molecular flexibility index (Phi) is 18.5. The Morgan fingerprint density at radius 3 is 1.58 bits per heavy atom. The highest BCUT2D eigenvalue weighted by Gasteiger charge is 2.28. The minimum absolute atomic E-state index is 0.0180. The fraction of sp³-hybridized carbons (Fsp3) is 0.368. The molecule has 1 rings (SSSR count). The summed E-state index contributed by atoms with van der Waals surface area (Å²) >= 11 is 13.0. The lowest BCUT2D eigenvalue weighted by atomic mass is 10.1. The van der Waals surface area contributed by atoms with Crippen LogP contribution in [0.5, 0.6) is 0 Å². The number of benzene rings is 1. The number of rotatable bonds is 8. The Balaban J connectivity index is 0. The van der Waals surface area contributed by atoms with Gasteiger partial charge in [-0.05, 0) is 77.1 Å². The first-order valence-electron chi connectivity index (χ1n) is 8.91. The Morgan fingerprint density at radius 2 is 1.27 bits per heavy atom. The van der Waals surface area contributed by atoms with E-state index in [1.54, 1.807) is 0 Å². The number of aliphatic hydroxyl groups is 2. The highest BCUT2D eigenvalue weighted by molar-refractivity contribution is 9.15. The van der Waals surface area contributed by atoms with E-state index >= 15 is 0 Å². The van der Waals surface area contributed by atoms with Gasteiger partial charge in [-0.3, -0.25) is 0 Å². The van der Waals surface area contributed by atoms with Gasteiger partial charge in [-0.2, -0.15) is 0 Å². The third kappa shape index (κ3) is 13.9. The third-order valence-corrected chi connectivity index (χ3v) is 7.82. The molecule has 0 aliphatic carbocycles. The number of halogens is 4. The fourth-order valence-electron chi connectivity index (χ4n) is 1.55. The monoisotopic (exact) mass is 726 g/mol. The van der Waals surface area contributed by atoms with Crippen LogP contribution in [0, 0.1) is 0 Å². The van der Waals surface area contributed by atoms with Crippen LogP contribution < -0.4 is 0 Å². The Bertz CT molecular complexity index is 853. The summed E-state index contributed by atoms with van der Waals surface area (Å²) in [6.07, 6.45) is 2.17. The first-order valence-corrected chi connectivity index (χ1v) is 12.1. The molecule has 14 heteroatoms. The van der Waals surface area contributed by atoms with Crippen LogP contribution in [0.4, 0.5) is 0 Å². The molecule has 0 fully saturated rings. The molecule has 33 heavy (non-hydrogen) atoms. The SMILES string of the molecule is CC(O)CO.CCCCOC(=O)c1c(Br)c(Br)c(Br)c(Br)c1C(=O)O.O=C(O)C=CC(=O)O. The average molecular weight is 730 g/mol. The number of aliphatic carboxylic acids is 2. The highest BCUT2D eigenvalue weighted by atomic mass is 79.9. The zero-order chi connectivity index (χ0) is 26.3. The van der Waals surface area contributed by atoms with Crippen LogP contribution in [-0.2, 0) is 14.3 Å². The lowest BCUT2D eigenvalue weighted by molar-refractivity contribution is -0.134. The molecule has 0 saturated heterocycles. The molecule has 0 amide bonds. The molecule has 1 aromatic rings. The Morgan fingerprint density at radius 1 is 0.879 bits per heavy atom. The Hall–Kier alpha value is -1.32. The van der Waals surface area contributed by atoms with Crippen molar-refractivity contribution in [2.24, 2.45) is 0 Å². The van der Waals surface area contributed by atoms with E-state index in [2.05, 4.69) is 63.7 Å². The molecular weight excluding hydrogens is 708 g/mol. The number of carboxylic acids is 3. The molecule has 0 bridgehead atoms. The summed E-state index contributed by atoms with van der Waals surface area (Å²) in [5.74, 6) is -4.40. The van der Waals surface area contributed by atoms with Crippen molar-refractivity contribution in [1.82, 2.24) is 0 Å². The van der Waals surface area contributed by atoms with Gasteiger partial charge in [0.15, 0.2) is 0 Å². The van der Waals surface area contributed by atoms with Crippen LogP contribution in [0.3, 0.4) is 0 Å². The number of hydrogen-bond donors (Lipinski definition) is 5. The van der Waals surface area contributed by atoms with Gasteiger partial charge < -0.3 is 30.3 Å². The lowest BCUT2D eigenvalue weighted by Gasteiger charge is -2.14. The average Bonchev–Trinajstić information content (AvgIpc) is 2.73. The number of carbonyl (C=O) groups excluding carboxylic acids is 1. The van der Waals surface area contributed by atoms with E-state index in [0.29, 0.717) is 25.6 Å². The predicted octanol–water partition coefficient (Wildman–Crippen LogP) is 4.46. The van der Waals surface area contributed by atoms with Crippen LogP contribution in [0.25, 0.3) is 0 Å². The number of ether oxygens (including phenoxy) is 1. The van der Waals surface area contributed by atoms with E-state index in [1.165, 1.54) is 6.92 Å². The summed E-state index contributed by atoms with van der Waals surface area (Å²) in [4.78, 5) is 42.6. The summed E-state index contributed by atoms with van der Waals surface area (Å²) in [6, 6.07) is 0. The molecule has 0 heterocycles. The van der Waals surface area contributed by atoms with E-state index < -0.39 is 30.0 Å². The first-order chi connectivity index (χ1) is 15.2. The molecule has 1 atom stereocenters. The number of carboxylic acid groups (broad SMARTS) is 3. The second-order valence-electron chi connectivity index (χ2n) is 5.84. The molecule has 0 aliphatic heterocycles. The van der Waals surface area contributed by atoms with Crippen LogP contribution >= 0.6 is 63.7 Å². The van der Waals surface area contributed by atoms with Crippen molar-refractivity contribution in [2.75, 3.05) is 13.2 Å². The van der Waals surface area contributed by atoms with Gasteiger partial charge in [0.05, 0.1) is 30.4 Å². The topological polar surface area (TPSA) is 179 Å². The smallest absolute Gasteiger partial charge is 0.340 e. The van der Waals surface area contributed by atoms with Crippen molar-refractivity contribution >= 4 is 87.6 Å². The molecule has 0 saturated carbocycles. The predicted molar refractivity (Wildman–Crippen MR) is 133 cm³/mol. The summed E-state index contributed by atoms with van der Waals surface area (Å²) < 4.78 is 6.77. The van der Waals surface area contributed by atoms with E-state index in [-0.39, 0.29) is 28.8 Å². The van der Waals surface area contributed by atoms with Gasteiger partial charge in [-0.1, -0.05) is 13.3 Å². The van der Waals surface area contributed by atoms with Gasteiger partial charge in [0.2, 0.25) is 0 Å². The van der Waals surface area contributed by atoms with Crippen LogP contribution in [0.1, 0.15) is 47.4 Å². The molecule has 186 valence electrons. The normalized spacial score (nSPS) is 10.9. The number of aliphatic hydroxyl groups excluding tert-OH is 2. The van der Waals surface area contributed by atoms with Crippen molar-refractivity contribution in [3.05, 3.63) is 41.2 Å². The third-order valence-electron chi connectivity index (χ3n) is 3.05. The molecule has 0 spiro atoms. The van der Waals surface area contributed by atoms with Crippen LogP contribution in [0.15, 0.2) is 30.0 Å². The maximum Gasteiger partial charge on any atom is 0.340 e. The second-order valence-corrected chi connectivity index (χ2v) is 9.01. The zero-order valence-corrected chi connectivity index (χ0v) is 23.7. The Labute approximate surface area is 223 Å². The minimum Gasteiger partial charge on any atom is -0.478 e. The summed E-state index contributed by atoms with van der Waals surface area (Å²) in [7, 11) is 0. The first kappa shape index (κ1) is 33.9. The molecule has 0 radical (unpaired) electrons. The van der Waals surface area contributed by atoms with Gasteiger partial charge in [0.1, 0.15) is 0 Å². The number of esters is 1. The van der Waals surface area contributed by atoms with Gasteiger partial charge >= 0.3 is 23.9 Å². The summed E-state index contributed by atoms with van der Waals surface area (Å²) in [5, 5.41) is 40.9. The van der Waals surface area contributed by atoms with E-state index in [4.69, 9.17) is 25.2 Å². The van der Waals surface area contributed by atoms with E-state index in [1.807, 2.05) is 6.92 Å². The van der Waals surface area contributed by atoms with E-state index in [9.17, 15) is 24.3 Å². The van der Waals surface area contributed by atoms with Crippen molar-refractivity contribution in [1.29, 1.82) is 0 Å². The van der Waals surface area contributed by atoms with Gasteiger partial charge in [-0.15, -0.1) is 0 Å². The van der Waals surface area contributed by atoms with Crippen molar-refractivity contribution in [3.8, 4) is 0 Å². The molecule has 10 nitrogen and oxygen atoms in total. The van der Waals surface area contributed by atoms with E-state index in [0.717, 1.165) is 12.8 Å². The molecule has 1 aromatic carbocycles. The second kappa shape index (κ2) is 18.1. The maximum atomic E-state index is 12.1. The molecule has 0 aliphatic rings. The standard InChI is InChI=1S/C12H10Br4O4.C4H4O4.C3H8O2/c1-2-3-4-20-12(19)6-5(11(17)18)7(13)9(15)10(16)8(6)14;5-3(6)1-2-4(7)8;1-3(5)2-4/h2-4H2,1H3,(H,17,18);1-2H,(H,5,6)(H,7,8);3-5H,2H2,1H3. The van der Waals surface area contributed by atoms with Crippen molar-refractivity contribution in [3.63, 3.8) is 0 Å². The molecule has 0 aromatic heterocycles. The van der Waals surface area contributed by atoms with Crippen molar-refractivity contribution in [2.45, 2.75) is 32.8 Å². The lowest BCUT2D eigenvalue weighted by Crippen LogP contribution is -2.15. The highest BCUT2D eigenvalue weighted by Crippen LogP contribution is 2.42. The molecule has 1 unspecified atom stereocenters. The van der Waals surface area contributed by atoms with Gasteiger partial charge in [0, 0.05) is 30.0 Å². The summed E-state index contributed by atoms with van der Waals surface area (Å²) in [6.45, 7) is 3.62. The van der Waals surface area contributed by atoms with Gasteiger partial charge in [-0.25, -0.2) is 19.2 Å². The fourth-order valence-corrected chi connectivity index (χ4v) is 4.00.